The Balaban J connectivity index is 1.36. The van der Waals surface area contributed by atoms with Gasteiger partial charge < -0.3 is 19.6 Å². The summed E-state index contributed by atoms with van der Waals surface area (Å²) in [6, 6.07) is 39.1. The predicted molar refractivity (Wildman–Crippen MR) is 174 cm³/mol. The number of nitrogens with zero attached hydrogens (tertiary/aromatic N) is 6. The van der Waals surface area contributed by atoms with Gasteiger partial charge in [-0.1, -0.05) is 91.5 Å². The Labute approximate surface area is 251 Å². The molecule has 208 valence electrons. The molecule has 0 aliphatic carbocycles. The van der Waals surface area contributed by atoms with E-state index in [1.54, 1.807) is 12.4 Å². The fraction of sp³-hybridized carbons (Fsp3) is 0.135. The van der Waals surface area contributed by atoms with E-state index < -0.39 is 0 Å². The molecule has 43 heavy (non-hydrogen) atoms. The Morgan fingerprint density at radius 1 is 0.651 bits per heavy atom. The molecule has 6 nitrogen and oxygen atoms in total. The molecule has 0 bridgehead atoms. The number of allylic oxidation sites excluding steroid dienone is 1. The molecule has 0 saturated heterocycles. The Bertz CT molecular complexity index is 1920. The first-order valence-electron chi connectivity index (χ1n) is 14.8. The van der Waals surface area contributed by atoms with Crippen LogP contribution in [-0.2, 0) is 0 Å². The van der Waals surface area contributed by atoms with Crippen LogP contribution in [0.3, 0.4) is 0 Å². The van der Waals surface area contributed by atoms with Gasteiger partial charge in [0.25, 0.3) is 0 Å². The monoisotopic (exact) mass is 558 g/mol. The fourth-order valence-electron chi connectivity index (χ4n) is 7.90. The van der Waals surface area contributed by atoms with E-state index in [1.165, 1.54) is 33.8 Å². The summed E-state index contributed by atoms with van der Waals surface area (Å²) in [6.45, 7) is 4.86. The largest absolute Gasteiger partial charge is 0.335 e. The molecule has 5 aromatic rings. The summed E-state index contributed by atoms with van der Waals surface area (Å²) in [7, 11) is 2.17. The highest BCUT2D eigenvalue weighted by atomic mass is 15.5. The summed E-state index contributed by atoms with van der Waals surface area (Å²) >= 11 is 0. The number of para-hydroxylation sites is 3. The topological polar surface area (TPSA) is 38.7 Å². The lowest BCUT2D eigenvalue weighted by Crippen LogP contribution is -2.59. The zero-order valence-electron chi connectivity index (χ0n) is 23.8. The van der Waals surface area contributed by atoms with Gasteiger partial charge in [0, 0.05) is 54.4 Å². The molecule has 4 atom stereocenters. The van der Waals surface area contributed by atoms with Crippen molar-refractivity contribution in [3.05, 3.63) is 151 Å². The highest BCUT2D eigenvalue weighted by Gasteiger charge is 2.58. The summed E-state index contributed by atoms with van der Waals surface area (Å²) in [5.41, 5.74) is 9.49. The van der Waals surface area contributed by atoms with Crippen molar-refractivity contribution in [1.82, 2.24) is 9.97 Å². The molecular formula is C37H30N6. The van der Waals surface area contributed by atoms with E-state index in [9.17, 15) is 0 Å². The Kier molecular flexibility index (Phi) is 5.12. The first-order chi connectivity index (χ1) is 21.2. The molecule has 1 aromatic heterocycles. The van der Waals surface area contributed by atoms with Crippen molar-refractivity contribution >= 4 is 40.0 Å². The smallest absolute Gasteiger partial charge is 0.178 e. The lowest BCUT2D eigenvalue weighted by Gasteiger charge is -2.50. The molecule has 0 radical (unpaired) electrons. The third-order valence-electron chi connectivity index (χ3n) is 9.57. The zero-order valence-corrected chi connectivity index (χ0v) is 23.8. The van der Waals surface area contributed by atoms with Gasteiger partial charge in [0.2, 0.25) is 0 Å². The minimum absolute atomic E-state index is 0.0365. The van der Waals surface area contributed by atoms with Crippen molar-refractivity contribution in [2.45, 2.75) is 18.2 Å². The van der Waals surface area contributed by atoms with Gasteiger partial charge in [-0.15, -0.1) is 0 Å². The summed E-state index contributed by atoms with van der Waals surface area (Å²) in [5.74, 6) is 1.93. The second-order valence-electron chi connectivity index (χ2n) is 11.7. The maximum atomic E-state index is 4.90. The second-order valence-corrected chi connectivity index (χ2v) is 11.7. The van der Waals surface area contributed by atoms with Gasteiger partial charge in [-0.2, -0.15) is 0 Å². The number of aromatic nitrogens is 2. The van der Waals surface area contributed by atoms with Crippen molar-refractivity contribution in [3.8, 4) is 0 Å². The molecule has 0 spiro atoms. The SMILES string of the molecule is C=C1c2ccccc2N2C=C(c3ccccc3)N(c3ccccc3)C2C2C1c1ccccc1N1c3nccnc3N(C)C21. The van der Waals surface area contributed by atoms with Crippen LogP contribution in [-0.4, -0.2) is 29.3 Å². The molecule has 0 saturated carbocycles. The van der Waals surface area contributed by atoms with Gasteiger partial charge in [0.05, 0.1) is 11.4 Å². The summed E-state index contributed by atoms with van der Waals surface area (Å²) in [4.78, 5) is 19.5. The number of rotatable bonds is 2. The van der Waals surface area contributed by atoms with Crippen LogP contribution >= 0.6 is 0 Å². The van der Waals surface area contributed by atoms with Crippen LogP contribution in [0.25, 0.3) is 11.3 Å². The van der Waals surface area contributed by atoms with Crippen molar-refractivity contribution in [2.75, 3.05) is 26.6 Å². The normalized spacial score (nSPS) is 23.0. The Morgan fingerprint density at radius 3 is 2.09 bits per heavy atom. The van der Waals surface area contributed by atoms with Gasteiger partial charge in [-0.3, -0.25) is 0 Å². The lowest BCUT2D eigenvalue weighted by atomic mass is 9.72. The molecule has 4 aliphatic heterocycles. The van der Waals surface area contributed by atoms with Crippen LogP contribution in [0.1, 0.15) is 22.6 Å². The molecule has 4 unspecified atom stereocenters. The van der Waals surface area contributed by atoms with E-state index in [0.29, 0.717) is 0 Å². The number of hydrogen-bond donors (Lipinski definition) is 0. The van der Waals surface area contributed by atoms with Crippen LogP contribution in [0.5, 0.6) is 0 Å². The molecule has 4 aromatic carbocycles. The number of fused-ring (bicyclic) bond motifs is 12. The van der Waals surface area contributed by atoms with Gasteiger partial charge in [-0.25, -0.2) is 9.97 Å². The first kappa shape index (κ1) is 24.3. The van der Waals surface area contributed by atoms with Gasteiger partial charge in [0.1, 0.15) is 12.3 Å². The van der Waals surface area contributed by atoms with Gasteiger partial charge in [-0.05, 0) is 41.0 Å². The summed E-state index contributed by atoms with van der Waals surface area (Å²) in [5, 5.41) is 0. The molecule has 0 N–H and O–H groups in total. The molecule has 0 fully saturated rings. The average molecular weight is 559 g/mol. The van der Waals surface area contributed by atoms with E-state index in [1.807, 2.05) is 0 Å². The first-order valence-corrected chi connectivity index (χ1v) is 14.8. The standard InChI is InChI=1S/C37H30N6/c1-24-27-17-9-11-19-29(27)41-23-31(25-13-5-3-6-14-25)42(26-15-7-4-8-16-26)37(41)33-32(24)28-18-10-12-20-30(28)43-35-34(38-21-22-39-35)40(2)36(33)43/h3-23,32-33,36-37H,1H2,2H3. The van der Waals surface area contributed by atoms with Gasteiger partial charge >= 0.3 is 0 Å². The highest BCUT2D eigenvalue weighted by molar-refractivity contribution is 5.93. The number of hydrogen-bond acceptors (Lipinski definition) is 6. The minimum Gasteiger partial charge on any atom is -0.335 e. The van der Waals surface area contributed by atoms with Crippen LogP contribution in [0.15, 0.2) is 134 Å². The van der Waals surface area contributed by atoms with Gasteiger partial charge in [0.15, 0.2) is 11.6 Å². The second kappa shape index (κ2) is 9.07. The van der Waals surface area contributed by atoms with E-state index in [2.05, 4.69) is 142 Å². The third-order valence-corrected chi connectivity index (χ3v) is 9.57. The number of anilines is 5. The van der Waals surface area contributed by atoms with E-state index in [4.69, 9.17) is 16.5 Å². The fourth-order valence-corrected chi connectivity index (χ4v) is 7.90. The zero-order chi connectivity index (χ0) is 28.7. The quantitative estimate of drug-likeness (QED) is 0.224. The van der Waals surface area contributed by atoms with E-state index in [-0.39, 0.29) is 24.2 Å². The highest BCUT2D eigenvalue weighted by Crippen LogP contribution is 2.60. The molecule has 6 heteroatoms. The average Bonchev–Trinajstić information content (AvgIpc) is 3.58. The Morgan fingerprint density at radius 2 is 1.30 bits per heavy atom. The third kappa shape index (κ3) is 3.29. The van der Waals surface area contributed by atoms with Crippen LogP contribution < -0.4 is 19.6 Å². The van der Waals surface area contributed by atoms with E-state index in [0.717, 1.165) is 22.9 Å². The van der Waals surface area contributed by atoms with Crippen LogP contribution in [0, 0.1) is 5.92 Å². The van der Waals surface area contributed by atoms with Crippen LogP contribution in [0.2, 0.25) is 0 Å². The van der Waals surface area contributed by atoms with Crippen molar-refractivity contribution < 1.29 is 0 Å². The maximum Gasteiger partial charge on any atom is 0.178 e. The van der Waals surface area contributed by atoms with Crippen molar-refractivity contribution in [2.24, 2.45) is 5.92 Å². The van der Waals surface area contributed by atoms with Crippen molar-refractivity contribution in [1.29, 1.82) is 0 Å². The summed E-state index contributed by atoms with van der Waals surface area (Å²) < 4.78 is 0. The molecule has 5 heterocycles. The summed E-state index contributed by atoms with van der Waals surface area (Å²) in [6.07, 6.45) is 5.86. The maximum absolute atomic E-state index is 4.90. The predicted octanol–water partition coefficient (Wildman–Crippen LogP) is 7.48. The molecule has 9 rings (SSSR count). The number of benzene rings is 4. The van der Waals surface area contributed by atoms with Crippen molar-refractivity contribution in [3.63, 3.8) is 0 Å². The Hall–Kier alpha value is -5.36. The minimum atomic E-state index is -0.0550. The molecule has 4 aliphatic rings. The van der Waals surface area contributed by atoms with Crippen LogP contribution in [0.4, 0.5) is 28.7 Å². The molecule has 0 amide bonds. The van der Waals surface area contributed by atoms with E-state index >= 15 is 0 Å². The molecular weight excluding hydrogens is 528 g/mol. The lowest BCUT2D eigenvalue weighted by molar-refractivity contribution is 0.322.